The quantitative estimate of drug-likeness (QED) is 0.389. The third-order valence-corrected chi connectivity index (χ3v) is 7.36. The van der Waals surface area contributed by atoms with E-state index in [1.54, 1.807) is 4.90 Å². The predicted molar refractivity (Wildman–Crippen MR) is 140 cm³/mol. The molecule has 0 bridgehead atoms. The van der Waals surface area contributed by atoms with Gasteiger partial charge in [0.25, 0.3) is 0 Å². The van der Waals surface area contributed by atoms with Crippen LogP contribution in [0.5, 0.6) is 5.75 Å². The molecule has 0 aliphatic carbocycles. The molecule has 1 aliphatic heterocycles. The van der Waals surface area contributed by atoms with Crippen molar-refractivity contribution in [3.63, 3.8) is 0 Å². The summed E-state index contributed by atoms with van der Waals surface area (Å²) in [5.41, 5.74) is 3.20. The van der Waals surface area contributed by atoms with Crippen molar-refractivity contribution in [3.05, 3.63) is 56.5 Å². The van der Waals surface area contributed by atoms with Gasteiger partial charge in [0.1, 0.15) is 11.9 Å². The number of phenols is 1. The van der Waals surface area contributed by atoms with E-state index in [4.69, 9.17) is 4.74 Å². The van der Waals surface area contributed by atoms with Crippen molar-refractivity contribution in [1.82, 2.24) is 9.80 Å². The summed E-state index contributed by atoms with van der Waals surface area (Å²) in [7, 11) is 1.90. The lowest BCUT2D eigenvalue weighted by atomic mass is 10.0. The lowest BCUT2D eigenvalue weighted by molar-refractivity contribution is -0.121. The highest BCUT2D eigenvalue weighted by Gasteiger charge is 2.28. The van der Waals surface area contributed by atoms with E-state index in [1.165, 1.54) is 5.56 Å². The SMILES string of the molecule is CNc1ccccc1CCN(C=O)C1CCN(C(=O)O[C@@H](C)Cc2cc(Br)c(O)c(Br)c2)CC1. The first-order chi connectivity index (χ1) is 16.3. The molecule has 0 spiro atoms. The van der Waals surface area contributed by atoms with E-state index in [2.05, 4.69) is 43.2 Å². The Hall–Kier alpha value is -2.26. The maximum atomic E-state index is 12.7. The summed E-state index contributed by atoms with van der Waals surface area (Å²) in [5, 5.41) is 13.1. The number of hydrogen-bond donors (Lipinski definition) is 2. The van der Waals surface area contributed by atoms with Crippen molar-refractivity contribution >= 4 is 50.1 Å². The molecule has 3 rings (SSSR count). The van der Waals surface area contributed by atoms with Crippen molar-refractivity contribution in [3.8, 4) is 5.75 Å². The van der Waals surface area contributed by atoms with Crippen molar-refractivity contribution < 1.29 is 19.4 Å². The number of benzene rings is 2. The van der Waals surface area contributed by atoms with Gasteiger partial charge >= 0.3 is 6.09 Å². The second kappa shape index (κ2) is 12.4. The fourth-order valence-electron chi connectivity index (χ4n) is 4.29. The minimum absolute atomic E-state index is 0.118. The summed E-state index contributed by atoms with van der Waals surface area (Å²) < 4.78 is 6.84. The topological polar surface area (TPSA) is 82.1 Å². The number of para-hydroxylation sites is 1. The van der Waals surface area contributed by atoms with Gasteiger partial charge in [-0.15, -0.1) is 0 Å². The van der Waals surface area contributed by atoms with Crippen LogP contribution in [0.4, 0.5) is 10.5 Å². The van der Waals surface area contributed by atoms with E-state index in [1.807, 2.05) is 49.2 Å². The van der Waals surface area contributed by atoms with Gasteiger partial charge < -0.3 is 25.0 Å². The van der Waals surface area contributed by atoms with Gasteiger partial charge in [-0.1, -0.05) is 18.2 Å². The van der Waals surface area contributed by atoms with Crippen LogP contribution in [-0.2, 0) is 22.4 Å². The lowest BCUT2D eigenvalue weighted by Crippen LogP contribution is -2.47. The van der Waals surface area contributed by atoms with E-state index in [-0.39, 0.29) is 24.0 Å². The van der Waals surface area contributed by atoms with E-state index in [0.29, 0.717) is 35.0 Å². The Morgan fingerprint density at radius 1 is 1.26 bits per heavy atom. The summed E-state index contributed by atoms with van der Waals surface area (Å²) in [4.78, 5) is 28.0. The summed E-state index contributed by atoms with van der Waals surface area (Å²) in [6, 6.07) is 11.9. The van der Waals surface area contributed by atoms with Crippen molar-refractivity contribution in [1.29, 1.82) is 0 Å². The molecule has 0 unspecified atom stereocenters. The Balaban J connectivity index is 1.47. The normalized spacial score (nSPS) is 15.0. The van der Waals surface area contributed by atoms with Crippen LogP contribution < -0.4 is 5.32 Å². The van der Waals surface area contributed by atoms with Crippen LogP contribution in [0.25, 0.3) is 0 Å². The van der Waals surface area contributed by atoms with Gasteiger partial charge in [-0.05, 0) is 87.4 Å². The molecular formula is C25H31Br2N3O4. The first-order valence-electron chi connectivity index (χ1n) is 11.4. The molecule has 0 saturated carbocycles. The summed E-state index contributed by atoms with van der Waals surface area (Å²) in [6.45, 7) is 3.62. The Morgan fingerprint density at radius 2 is 1.91 bits per heavy atom. The number of hydrogen-bond acceptors (Lipinski definition) is 5. The predicted octanol–water partition coefficient (Wildman–Crippen LogP) is 5.19. The standard InChI is InChI=1S/C25H31Br2N3O4/c1-17(13-18-14-21(26)24(32)22(27)15-18)34-25(33)29-11-8-20(9-12-29)30(16-31)10-7-19-5-3-4-6-23(19)28-2/h3-6,14-17,20,28,32H,7-13H2,1-2H3/t17-/m0/s1. The third kappa shape index (κ3) is 6.88. The van der Waals surface area contributed by atoms with Crippen molar-refractivity contribution in [2.24, 2.45) is 0 Å². The number of piperidine rings is 1. The largest absolute Gasteiger partial charge is 0.506 e. The van der Waals surface area contributed by atoms with E-state index < -0.39 is 0 Å². The number of anilines is 1. The fourth-order valence-corrected chi connectivity index (χ4v) is 5.57. The first kappa shape index (κ1) is 26.3. The zero-order valence-corrected chi connectivity index (χ0v) is 22.6. The molecule has 1 heterocycles. The van der Waals surface area contributed by atoms with Crippen LogP contribution in [0.3, 0.4) is 0 Å². The van der Waals surface area contributed by atoms with Gasteiger partial charge in [0.05, 0.1) is 8.95 Å². The van der Waals surface area contributed by atoms with Crippen LogP contribution in [0.15, 0.2) is 45.3 Å². The molecule has 2 amide bonds. The Morgan fingerprint density at radius 3 is 2.53 bits per heavy atom. The molecule has 34 heavy (non-hydrogen) atoms. The van der Waals surface area contributed by atoms with Gasteiger partial charge in [-0.3, -0.25) is 4.79 Å². The monoisotopic (exact) mass is 595 g/mol. The van der Waals surface area contributed by atoms with E-state index >= 15 is 0 Å². The van der Waals surface area contributed by atoms with Crippen LogP contribution in [-0.4, -0.2) is 66.2 Å². The fraction of sp³-hybridized carbons (Fsp3) is 0.440. The van der Waals surface area contributed by atoms with Crippen LogP contribution >= 0.6 is 31.9 Å². The number of carbonyl (C=O) groups excluding carboxylic acids is 2. The smallest absolute Gasteiger partial charge is 0.410 e. The molecule has 184 valence electrons. The highest BCUT2D eigenvalue weighted by atomic mass is 79.9. The molecule has 1 atom stereocenters. The molecule has 2 aromatic carbocycles. The number of aromatic hydroxyl groups is 1. The number of nitrogens with zero attached hydrogens (tertiary/aromatic N) is 2. The van der Waals surface area contributed by atoms with Crippen molar-refractivity contribution in [2.45, 2.75) is 44.8 Å². The maximum absolute atomic E-state index is 12.7. The average Bonchev–Trinajstić information content (AvgIpc) is 2.83. The summed E-state index contributed by atoms with van der Waals surface area (Å²) in [6.07, 6.45) is 3.06. The molecule has 2 N–H and O–H groups in total. The second-order valence-electron chi connectivity index (χ2n) is 8.53. The number of ether oxygens (including phenoxy) is 1. The molecule has 1 aliphatic rings. The Kier molecular flexibility index (Phi) is 9.64. The van der Waals surface area contributed by atoms with E-state index in [9.17, 15) is 14.7 Å². The maximum Gasteiger partial charge on any atom is 0.410 e. The minimum atomic E-state index is -0.330. The number of amides is 2. The Labute approximate surface area is 217 Å². The summed E-state index contributed by atoms with van der Waals surface area (Å²) in [5.74, 6) is 0.145. The molecule has 0 aromatic heterocycles. The number of carbonyl (C=O) groups is 2. The molecule has 7 nitrogen and oxygen atoms in total. The second-order valence-corrected chi connectivity index (χ2v) is 10.2. The third-order valence-electron chi connectivity index (χ3n) is 6.15. The molecule has 1 saturated heterocycles. The number of nitrogens with one attached hydrogen (secondary N) is 1. The van der Waals surface area contributed by atoms with Crippen LogP contribution in [0.2, 0.25) is 0 Å². The average molecular weight is 597 g/mol. The molecule has 1 fully saturated rings. The van der Waals surface area contributed by atoms with Gasteiger partial charge in [-0.25, -0.2) is 4.79 Å². The van der Waals surface area contributed by atoms with Gasteiger partial charge in [0, 0.05) is 44.8 Å². The molecular weight excluding hydrogens is 566 g/mol. The molecule has 9 heteroatoms. The van der Waals surface area contributed by atoms with Crippen molar-refractivity contribution in [2.75, 3.05) is 32.0 Å². The lowest BCUT2D eigenvalue weighted by Gasteiger charge is -2.36. The number of halogens is 2. The van der Waals surface area contributed by atoms with Crippen LogP contribution in [0, 0.1) is 0 Å². The van der Waals surface area contributed by atoms with Gasteiger partial charge in [-0.2, -0.15) is 0 Å². The van der Waals surface area contributed by atoms with Crippen LogP contribution in [0.1, 0.15) is 30.9 Å². The first-order valence-corrected chi connectivity index (χ1v) is 13.0. The van der Waals surface area contributed by atoms with Gasteiger partial charge in [0.15, 0.2) is 0 Å². The highest BCUT2D eigenvalue weighted by molar-refractivity contribution is 9.11. The zero-order chi connectivity index (χ0) is 24.7. The summed E-state index contributed by atoms with van der Waals surface area (Å²) >= 11 is 6.65. The number of rotatable bonds is 9. The molecule has 0 radical (unpaired) electrons. The number of likely N-dealkylation sites (tertiary alicyclic amines) is 1. The highest BCUT2D eigenvalue weighted by Crippen LogP contribution is 2.33. The zero-order valence-electron chi connectivity index (χ0n) is 19.5. The Bertz CT molecular complexity index is 973. The number of phenolic OH excluding ortho intramolecular Hbond substituents is 1. The van der Waals surface area contributed by atoms with E-state index in [0.717, 1.165) is 36.9 Å². The molecule has 2 aromatic rings. The van der Waals surface area contributed by atoms with Gasteiger partial charge in [0.2, 0.25) is 6.41 Å². The minimum Gasteiger partial charge on any atom is -0.506 e.